The molecule has 2 aromatic carbocycles. The predicted molar refractivity (Wildman–Crippen MR) is 114 cm³/mol. The number of ether oxygens (including phenoxy) is 1. The molecule has 0 N–H and O–H groups in total. The SMILES string of the molecule is CCc1nn(-c2cccc(C=Cc3ccc(Cl)cc3)c2)c(CC)c1C(=O)OC. The van der Waals surface area contributed by atoms with E-state index in [9.17, 15) is 4.79 Å². The molecule has 4 nitrogen and oxygen atoms in total. The molecule has 0 aliphatic rings. The molecule has 0 saturated heterocycles. The Bertz CT molecular complexity index is 1000. The molecule has 3 aromatic rings. The van der Waals surface area contributed by atoms with Crippen LogP contribution in [-0.4, -0.2) is 22.9 Å². The zero-order chi connectivity index (χ0) is 20.1. The van der Waals surface area contributed by atoms with Crippen LogP contribution in [-0.2, 0) is 17.6 Å². The van der Waals surface area contributed by atoms with Gasteiger partial charge in [0.25, 0.3) is 0 Å². The minimum atomic E-state index is -0.335. The Morgan fingerprint density at radius 3 is 2.43 bits per heavy atom. The van der Waals surface area contributed by atoms with Crippen LogP contribution in [0.1, 0.15) is 46.7 Å². The van der Waals surface area contributed by atoms with Crippen molar-refractivity contribution in [3.63, 3.8) is 0 Å². The number of benzene rings is 2. The highest BCUT2D eigenvalue weighted by atomic mass is 35.5. The van der Waals surface area contributed by atoms with Crippen LogP contribution in [0.15, 0.2) is 48.5 Å². The van der Waals surface area contributed by atoms with Crippen molar-refractivity contribution in [3.05, 3.63) is 81.6 Å². The van der Waals surface area contributed by atoms with Gasteiger partial charge in [-0.3, -0.25) is 0 Å². The number of aryl methyl sites for hydroxylation is 1. The summed E-state index contributed by atoms with van der Waals surface area (Å²) < 4.78 is 6.83. The summed E-state index contributed by atoms with van der Waals surface area (Å²) >= 11 is 5.94. The number of hydrogen-bond donors (Lipinski definition) is 0. The Kier molecular flexibility index (Phi) is 6.32. The quantitative estimate of drug-likeness (QED) is 0.403. The molecule has 0 amide bonds. The van der Waals surface area contributed by atoms with Gasteiger partial charge < -0.3 is 4.74 Å². The van der Waals surface area contributed by atoms with Gasteiger partial charge in [-0.15, -0.1) is 0 Å². The van der Waals surface area contributed by atoms with Gasteiger partial charge in [0.15, 0.2) is 0 Å². The minimum Gasteiger partial charge on any atom is -0.465 e. The fraction of sp³-hybridized carbons (Fsp3) is 0.217. The van der Waals surface area contributed by atoms with E-state index >= 15 is 0 Å². The van der Waals surface area contributed by atoms with Crippen molar-refractivity contribution in [1.82, 2.24) is 9.78 Å². The third-order valence-corrected chi connectivity index (χ3v) is 4.82. The van der Waals surface area contributed by atoms with Crippen LogP contribution in [0, 0.1) is 0 Å². The minimum absolute atomic E-state index is 0.335. The molecule has 0 atom stereocenters. The van der Waals surface area contributed by atoms with E-state index in [2.05, 4.69) is 11.2 Å². The molecule has 0 unspecified atom stereocenters. The van der Waals surface area contributed by atoms with Gasteiger partial charge in [0, 0.05) is 5.02 Å². The second-order valence-corrected chi connectivity index (χ2v) is 6.80. The van der Waals surface area contributed by atoms with Crippen LogP contribution >= 0.6 is 11.6 Å². The van der Waals surface area contributed by atoms with Crippen LogP contribution in [0.4, 0.5) is 0 Å². The molecule has 0 fully saturated rings. The number of halogens is 1. The first kappa shape index (κ1) is 19.9. The summed E-state index contributed by atoms with van der Waals surface area (Å²) in [6.07, 6.45) is 5.43. The van der Waals surface area contributed by atoms with Gasteiger partial charge in [0.2, 0.25) is 0 Å². The van der Waals surface area contributed by atoms with E-state index in [0.717, 1.165) is 33.2 Å². The molecule has 0 aliphatic heterocycles. The van der Waals surface area contributed by atoms with Crippen molar-refractivity contribution >= 4 is 29.7 Å². The smallest absolute Gasteiger partial charge is 0.341 e. The number of nitrogens with zero attached hydrogens (tertiary/aromatic N) is 2. The highest BCUT2D eigenvalue weighted by Crippen LogP contribution is 2.22. The molecule has 144 valence electrons. The third kappa shape index (κ3) is 4.18. The van der Waals surface area contributed by atoms with E-state index in [0.29, 0.717) is 18.4 Å². The Morgan fingerprint density at radius 1 is 1.07 bits per heavy atom. The maximum Gasteiger partial charge on any atom is 0.341 e. The molecule has 0 aliphatic carbocycles. The summed E-state index contributed by atoms with van der Waals surface area (Å²) in [5.41, 5.74) is 5.23. The molecular formula is C23H23ClN2O2. The summed E-state index contributed by atoms with van der Waals surface area (Å²) in [7, 11) is 1.40. The molecular weight excluding hydrogens is 372 g/mol. The fourth-order valence-corrected chi connectivity index (χ4v) is 3.28. The second-order valence-electron chi connectivity index (χ2n) is 6.36. The lowest BCUT2D eigenvalue weighted by atomic mass is 10.1. The Hall–Kier alpha value is -2.85. The number of hydrogen-bond acceptors (Lipinski definition) is 3. The van der Waals surface area contributed by atoms with E-state index in [4.69, 9.17) is 16.3 Å². The first-order valence-electron chi connectivity index (χ1n) is 9.30. The summed E-state index contributed by atoms with van der Waals surface area (Å²) in [6.45, 7) is 4.01. The number of rotatable bonds is 6. The van der Waals surface area contributed by atoms with Gasteiger partial charge in [0.05, 0.1) is 24.2 Å². The number of carbonyl (C=O) groups is 1. The average molecular weight is 395 g/mol. The highest BCUT2D eigenvalue weighted by molar-refractivity contribution is 6.30. The third-order valence-electron chi connectivity index (χ3n) is 4.57. The molecule has 5 heteroatoms. The maximum atomic E-state index is 12.3. The van der Waals surface area contributed by atoms with Crippen molar-refractivity contribution in [2.45, 2.75) is 26.7 Å². The number of methoxy groups -OCH3 is 1. The normalized spacial score (nSPS) is 11.1. The average Bonchev–Trinajstić information content (AvgIpc) is 3.11. The summed E-state index contributed by atoms with van der Waals surface area (Å²) in [6, 6.07) is 15.8. The zero-order valence-corrected chi connectivity index (χ0v) is 17.0. The lowest BCUT2D eigenvalue weighted by Gasteiger charge is -2.08. The number of carbonyl (C=O) groups excluding carboxylic acids is 1. The number of esters is 1. The van der Waals surface area contributed by atoms with Gasteiger partial charge in [0.1, 0.15) is 5.56 Å². The molecule has 3 rings (SSSR count). The Balaban J connectivity index is 1.99. The van der Waals surface area contributed by atoms with Crippen molar-refractivity contribution < 1.29 is 9.53 Å². The van der Waals surface area contributed by atoms with E-state index in [-0.39, 0.29) is 5.97 Å². The first-order valence-corrected chi connectivity index (χ1v) is 9.68. The van der Waals surface area contributed by atoms with Crippen LogP contribution in [0.2, 0.25) is 5.02 Å². The highest BCUT2D eigenvalue weighted by Gasteiger charge is 2.23. The zero-order valence-electron chi connectivity index (χ0n) is 16.3. The van der Waals surface area contributed by atoms with Crippen molar-refractivity contribution in [3.8, 4) is 5.69 Å². The number of aromatic nitrogens is 2. The second kappa shape index (κ2) is 8.89. The maximum absolute atomic E-state index is 12.3. The summed E-state index contributed by atoms with van der Waals surface area (Å²) in [5.74, 6) is -0.335. The molecule has 1 aromatic heterocycles. The van der Waals surface area contributed by atoms with Crippen molar-refractivity contribution in [1.29, 1.82) is 0 Å². The topological polar surface area (TPSA) is 44.1 Å². The monoisotopic (exact) mass is 394 g/mol. The largest absolute Gasteiger partial charge is 0.465 e. The molecule has 0 spiro atoms. The van der Waals surface area contributed by atoms with Gasteiger partial charge in [-0.25, -0.2) is 9.48 Å². The van der Waals surface area contributed by atoms with Crippen molar-refractivity contribution in [2.75, 3.05) is 7.11 Å². The van der Waals surface area contributed by atoms with E-state index in [1.54, 1.807) is 0 Å². The lowest BCUT2D eigenvalue weighted by molar-refractivity contribution is 0.0598. The van der Waals surface area contributed by atoms with Gasteiger partial charge in [-0.05, 0) is 48.2 Å². The first-order chi connectivity index (χ1) is 13.6. The Morgan fingerprint density at radius 2 is 1.79 bits per heavy atom. The molecule has 1 heterocycles. The van der Waals surface area contributed by atoms with Crippen LogP contribution in [0.25, 0.3) is 17.8 Å². The van der Waals surface area contributed by atoms with Crippen LogP contribution < -0.4 is 0 Å². The van der Waals surface area contributed by atoms with E-state index in [1.165, 1.54) is 7.11 Å². The molecule has 0 radical (unpaired) electrons. The van der Waals surface area contributed by atoms with Crippen LogP contribution in [0.5, 0.6) is 0 Å². The predicted octanol–water partition coefficient (Wildman–Crippen LogP) is 5.61. The summed E-state index contributed by atoms with van der Waals surface area (Å²) in [5, 5.41) is 5.41. The molecule has 28 heavy (non-hydrogen) atoms. The lowest BCUT2D eigenvalue weighted by Crippen LogP contribution is -2.08. The standard InChI is InChI=1S/C23H23ClN2O2/c1-4-20-22(23(27)28-3)21(5-2)26(25-20)19-8-6-7-17(15-19)10-9-16-11-13-18(24)14-12-16/h6-15H,4-5H2,1-3H3. The van der Waals surface area contributed by atoms with Gasteiger partial charge in [-0.2, -0.15) is 5.10 Å². The fourth-order valence-electron chi connectivity index (χ4n) is 3.16. The summed E-state index contributed by atoms with van der Waals surface area (Å²) in [4.78, 5) is 12.3. The van der Waals surface area contributed by atoms with Gasteiger partial charge >= 0.3 is 5.97 Å². The van der Waals surface area contributed by atoms with Crippen LogP contribution in [0.3, 0.4) is 0 Å². The Labute approximate surface area is 170 Å². The van der Waals surface area contributed by atoms with E-state index < -0.39 is 0 Å². The molecule has 0 saturated carbocycles. The molecule has 0 bridgehead atoms. The van der Waals surface area contributed by atoms with Gasteiger partial charge in [-0.1, -0.05) is 61.9 Å². The van der Waals surface area contributed by atoms with E-state index in [1.807, 2.05) is 73.1 Å². The van der Waals surface area contributed by atoms with Crippen molar-refractivity contribution in [2.24, 2.45) is 0 Å².